The quantitative estimate of drug-likeness (QED) is 0.837. The average Bonchev–Trinajstić information content (AvgIpc) is 2.94. The van der Waals surface area contributed by atoms with Crippen molar-refractivity contribution in [1.82, 2.24) is 5.32 Å². The standard InChI is InChI=1S/C12H18BrNO2/c1-15-7-5-12(3-4-12)9-14-8-11-10(13)2-6-16-11/h2,6,14H,3-5,7-9H2,1H3. The minimum Gasteiger partial charge on any atom is -0.467 e. The van der Waals surface area contributed by atoms with E-state index in [0.29, 0.717) is 5.41 Å². The molecule has 0 radical (unpaired) electrons. The molecule has 1 N–H and O–H groups in total. The van der Waals surface area contributed by atoms with Crippen LogP contribution in [0.2, 0.25) is 0 Å². The molecule has 1 aliphatic rings. The van der Waals surface area contributed by atoms with Gasteiger partial charge in [-0.2, -0.15) is 0 Å². The predicted octanol–water partition coefficient (Wildman–Crippen LogP) is 2.95. The van der Waals surface area contributed by atoms with Crippen molar-refractivity contribution in [3.05, 3.63) is 22.6 Å². The molecular weight excluding hydrogens is 270 g/mol. The Kier molecular flexibility index (Phi) is 4.05. The van der Waals surface area contributed by atoms with Gasteiger partial charge in [-0.25, -0.2) is 0 Å². The van der Waals surface area contributed by atoms with Crippen molar-refractivity contribution >= 4 is 15.9 Å². The summed E-state index contributed by atoms with van der Waals surface area (Å²) in [7, 11) is 1.77. The highest BCUT2D eigenvalue weighted by Crippen LogP contribution is 2.48. The van der Waals surface area contributed by atoms with E-state index in [1.807, 2.05) is 6.07 Å². The molecule has 0 spiro atoms. The van der Waals surface area contributed by atoms with Gasteiger partial charge in [0.15, 0.2) is 0 Å². The van der Waals surface area contributed by atoms with Gasteiger partial charge in [0.2, 0.25) is 0 Å². The third kappa shape index (κ3) is 3.09. The molecular formula is C12H18BrNO2. The lowest BCUT2D eigenvalue weighted by Gasteiger charge is -2.14. The average molecular weight is 288 g/mol. The lowest BCUT2D eigenvalue weighted by Crippen LogP contribution is -2.24. The minimum absolute atomic E-state index is 0.495. The van der Waals surface area contributed by atoms with E-state index in [1.165, 1.54) is 12.8 Å². The second-order valence-electron chi connectivity index (χ2n) is 4.54. The van der Waals surface area contributed by atoms with Crippen molar-refractivity contribution in [2.75, 3.05) is 20.3 Å². The fourth-order valence-electron chi connectivity index (χ4n) is 1.90. The van der Waals surface area contributed by atoms with Crippen molar-refractivity contribution in [3.63, 3.8) is 0 Å². The fraction of sp³-hybridized carbons (Fsp3) is 0.667. The molecule has 1 fully saturated rings. The second kappa shape index (κ2) is 5.34. The Balaban J connectivity index is 1.70. The number of rotatable bonds is 7. The summed E-state index contributed by atoms with van der Waals surface area (Å²) in [5.74, 6) is 0.975. The lowest BCUT2D eigenvalue weighted by atomic mass is 10.0. The third-order valence-electron chi connectivity index (χ3n) is 3.27. The highest BCUT2D eigenvalue weighted by atomic mass is 79.9. The third-order valence-corrected chi connectivity index (χ3v) is 3.98. The Labute approximate surface area is 105 Å². The summed E-state index contributed by atoms with van der Waals surface area (Å²) in [5, 5.41) is 3.46. The molecule has 0 bridgehead atoms. The van der Waals surface area contributed by atoms with Crippen molar-refractivity contribution in [3.8, 4) is 0 Å². The summed E-state index contributed by atoms with van der Waals surface area (Å²) >= 11 is 3.45. The van der Waals surface area contributed by atoms with E-state index in [9.17, 15) is 0 Å². The molecule has 4 heteroatoms. The zero-order valence-electron chi connectivity index (χ0n) is 9.59. The molecule has 0 amide bonds. The van der Waals surface area contributed by atoms with E-state index < -0.39 is 0 Å². The van der Waals surface area contributed by atoms with E-state index >= 15 is 0 Å². The maximum atomic E-state index is 5.35. The zero-order valence-corrected chi connectivity index (χ0v) is 11.2. The molecule has 2 rings (SSSR count). The molecule has 1 aromatic rings. The Bertz CT molecular complexity index is 334. The van der Waals surface area contributed by atoms with Crippen molar-refractivity contribution < 1.29 is 9.15 Å². The van der Waals surface area contributed by atoms with Crippen LogP contribution < -0.4 is 5.32 Å². The smallest absolute Gasteiger partial charge is 0.131 e. The maximum absolute atomic E-state index is 5.35. The van der Waals surface area contributed by atoms with Crippen LogP contribution in [0.25, 0.3) is 0 Å². The molecule has 0 saturated heterocycles. The first-order valence-corrected chi connectivity index (χ1v) is 6.47. The van der Waals surface area contributed by atoms with Crippen LogP contribution in [0.15, 0.2) is 21.2 Å². The first-order valence-electron chi connectivity index (χ1n) is 5.67. The Hall–Kier alpha value is -0.320. The minimum atomic E-state index is 0.495. The van der Waals surface area contributed by atoms with Crippen molar-refractivity contribution in [2.45, 2.75) is 25.8 Å². The highest BCUT2D eigenvalue weighted by molar-refractivity contribution is 9.10. The van der Waals surface area contributed by atoms with Crippen LogP contribution >= 0.6 is 15.9 Å². The summed E-state index contributed by atoms with van der Waals surface area (Å²) in [4.78, 5) is 0. The fourth-order valence-corrected chi connectivity index (χ4v) is 2.24. The normalized spacial score (nSPS) is 17.6. The Morgan fingerprint density at radius 1 is 1.56 bits per heavy atom. The van der Waals surface area contributed by atoms with E-state index in [2.05, 4.69) is 21.2 Å². The van der Waals surface area contributed by atoms with Gasteiger partial charge in [-0.15, -0.1) is 0 Å². The van der Waals surface area contributed by atoms with Crippen LogP contribution in [0.3, 0.4) is 0 Å². The van der Waals surface area contributed by atoms with Crippen LogP contribution in [-0.4, -0.2) is 20.3 Å². The van der Waals surface area contributed by atoms with Gasteiger partial charge in [0.25, 0.3) is 0 Å². The van der Waals surface area contributed by atoms with E-state index in [0.717, 1.165) is 36.4 Å². The molecule has 0 aliphatic heterocycles. The van der Waals surface area contributed by atoms with Crippen LogP contribution in [0, 0.1) is 5.41 Å². The van der Waals surface area contributed by atoms with Gasteiger partial charge in [0, 0.05) is 20.3 Å². The molecule has 0 aromatic carbocycles. The number of methoxy groups -OCH3 is 1. The topological polar surface area (TPSA) is 34.4 Å². The predicted molar refractivity (Wildman–Crippen MR) is 66.3 cm³/mol. The van der Waals surface area contributed by atoms with Crippen LogP contribution in [0.5, 0.6) is 0 Å². The summed E-state index contributed by atoms with van der Waals surface area (Å²) in [6.07, 6.45) is 5.51. The Morgan fingerprint density at radius 2 is 2.38 bits per heavy atom. The number of hydrogen-bond acceptors (Lipinski definition) is 3. The molecule has 16 heavy (non-hydrogen) atoms. The molecule has 0 unspecified atom stereocenters. The SMILES string of the molecule is COCCC1(CNCc2occc2Br)CC1. The number of ether oxygens (including phenoxy) is 1. The molecule has 1 saturated carbocycles. The molecule has 1 heterocycles. The zero-order chi connectivity index (χ0) is 11.4. The summed E-state index contributed by atoms with van der Waals surface area (Å²) in [6.45, 7) is 2.72. The van der Waals surface area contributed by atoms with Gasteiger partial charge in [-0.1, -0.05) is 0 Å². The first-order chi connectivity index (χ1) is 7.76. The molecule has 3 nitrogen and oxygen atoms in total. The number of halogens is 1. The van der Waals surface area contributed by atoms with E-state index in [4.69, 9.17) is 9.15 Å². The van der Waals surface area contributed by atoms with Gasteiger partial charge in [0.1, 0.15) is 5.76 Å². The largest absolute Gasteiger partial charge is 0.467 e. The van der Waals surface area contributed by atoms with Crippen molar-refractivity contribution in [2.24, 2.45) is 5.41 Å². The van der Waals surface area contributed by atoms with Gasteiger partial charge in [0.05, 0.1) is 17.3 Å². The second-order valence-corrected chi connectivity index (χ2v) is 5.39. The van der Waals surface area contributed by atoms with E-state index in [1.54, 1.807) is 13.4 Å². The first kappa shape index (κ1) is 12.1. The van der Waals surface area contributed by atoms with Gasteiger partial charge >= 0.3 is 0 Å². The summed E-state index contributed by atoms with van der Waals surface area (Å²) in [6, 6.07) is 1.93. The summed E-state index contributed by atoms with van der Waals surface area (Å²) < 4.78 is 11.5. The number of hydrogen-bond donors (Lipinski definition) is 1. The Morgan fingerprint density at radius 3 is 2.94 bits per heavy atom. The van der Waals surface area contributed by atoms with E-state index in [-0.39, 0.29) is 0 Å². The van der Waals surface area contributed by atoms with Gasteiger partial charge < -0.3 is 14.5 Å². The number of furan rings is 1. The summed E-state index contributed by atoms with van der Waals surface area (Å²) in [5.41, 5.74) is 0.495. The monoisotopic (exact) mass is 287 g/mol. The van der Waals surface area contributed by atoms with Crippen LogP contribution in [-0.2, 0) is 11.3 Å². The molecule has 1 aliphatic carbocycles. The number of nitrogens with one attached hydrogen (secondary N) is 1. The lowest BCUT2D eigenvalue weighted by molar-refractivity contribution is 0.171. The van der Waals surface area contributed by atoms with Crippen LogP contribution in [0.4, 0.5) is 0 Å². The van der Waals surface area contributed by atoms with Crippen LogP contribution in [0.1, 0.15) is 25.0 Å². The molecule has 1 aromatic heterocycles. The van der Waals surface area contributed by atoms with Gasteiger partial charge in [-0.05, 0) is 46.7 Å². The highest BCUT2D eigenvalue weighted by Gasteiger charge is 2.41. The molecule has 90 valence electrons. The van der Waals surface area contributed by atoms with Crippen molar-refractivity contribution in [1.29, 1.82) is 0 Å². The maximum Gasteiger partial charge on any atom is 0.131 e. The van der Waals surface area contributed by atoms with Gasteiger partial charge in [-0.3, -0.25) is 0 Å². The molecule has 0 atom stereocenters.